The monoisotopic (exact) mass is 492 g/mol. The lowest BCUT2D eigenvalue weighted by atomic mass is 10.1. The maximum Gasteiger partial charge on any atom is 0.191 e. The number of fused-ring (bicyclic) bond motifs is 1. The molecule has 1 saturated heterocycles. The molecule has 27 heavy (non-hydrogen) atoms. The quantitative estimate of drug-likeness (QED) is 0.248. The van der Waals surface area contributed by atoms with Crippen LogP contribution in [0.3, 0.4) is 0 Å². The van der Waals surface area contributed by atoms with Gasteiger partial charge in [0.1, 0.15) is 11.6 Å². The Hall–Kier alpha value is -0.940. The van der Waals surface area contributed by atoms with Crippen LogP contribution >= 0.6 is 24.0 Å². The lowest BCUT2D eigenvalue weighted by molar-refractivity contribution is 0.0893. The van der Waals surface area contributed by atoms with Crippen LogP contribution < -0.4 is 10.6 Å². The summed E-state index contributed by atoms with van der Waals surface area (Å²) in [6.07, 6.45) is 4.06. The summed E-state index contributed by atoms with van der Waals surface area (Å²) in [5.41, 5.74) is 0. The van der Waals surface area contributed by atoms with E-state index in [-0.39, 0.29) is 24.0 Å². The van der Waals surface area contributed by atoms with Gasteiger partial charge in [0.25, 0.3) is 0 Å². The highest BCUT2D eigenvalue weighted by molar-refractivity contribution is 14.0. The minimum absolute atomic E-state index is 0. The van der Waals surface area contributed by atoms with E-state index in [0.717, 1.165) is 89.4 Å². The molecule has 0 aromatic carbocycles. The zero-order valence-electron chi connectivity index (χ0n) is 16.4. The molecule has 2 N–H and O–H groups in total. The Morgan fingerprint density at radius 2 is 2.30 bits per heavy atom. The fourth-order valence-corrected chi connectivity index (χ4v) is 3.39. The summed E-state index contributed by atoms with van der Waals surface area (Å²) in [5, 5.41) is 11.3. The molecule has 9 heteroatoms. The van der Waals surface area contributed by atoms with Crippen LogP contribution in [0.1, 0.15) is 37.8 Å². The smallest absolute Gasteiger partial charge is 0.191 e. The Balaban J connectivity index is 0.00000261. The van der Waals surface area contributed by atoms with Gasteiger partial charge in [-0.25, -0.2) is 9.67 Å². The molecule has 0 aliphatic carbocycles. The Morgan fingerprint density at radius 3 is 3.07 bits per heavy atom. The predicted octanol–water partition coefficient (Wildman–Crippen LogP) is 1.52. The number of nitrogens with zero attached hydrogens (tertiary/aromatic N) is 4. The van der Waals surface area contributed by atoms with Gasteiger partial charge in [-0.3, -0.25) is 4.99 Å². The predicted molar refractivity (Wildman–Crippen MR) is 116 cm³/mol. The normalized spacial score (nSPS) is 22.2. The van der Waals surface area contributed by atoms with Gasteiger partial charge in [0.05, 0.1) is 19.8 Å². The van der Waals surface area contributed by atoms with Crippen molar-refractivity contribution in [3.8, 4) is 0 Å². The number of aromatic nitrogens is 3. The Kier molecular flexibility index (Phi) is 9.77. The van der Waals surface area contributed by atoms with Crippen molar-refractivity contribution in [2.75, 3.05) is 39.5 Å². The van der Waals surface area contributed by atoms with Crippen LogP contribution in [-0.4, -0.2) is 66.3 Å². The fourth-order valence-electron chi connectivity index (χ4n) is 3.39. The van der Waals surface area contributed by atoms with Crippen LogP contribution in [0.4, 0.5) is 0 Å². The standard InChI is InChI=1S/C18H32N6O2.HI/c1-3-19-18(20-8-4-9-25-12-15-7-10-26-13-15)22-16-5-6-17-21-14(2)23-24(17)11-16;/h15-16H,3-13H2,1-2H3,(H2,19,20,22);1H. The first-order valence-corrected chi connectivity index (χ1v) is 9.85. The van der Waals surface area contributed by atoms with E-state index >= 15 is 0 Å². The second kappa shape index (κ2) is 11.8. The number of aryl methyl sites for hydroxylation is 2. The van der Waals surface area contributed by atoms with Crippen molar-refractivity contribution in [3.05, 3.63) is 11.6 Å². The van der Waals surface area contributed by atoms with Gasteiger partial charge < -0.3 is 20.1 Å². The summed E-state index contributed by atoms with van der Waals surface area (Å²) in [4.78, 5) is 9.15. The van der Waals surface area contributed by atoms with Gasteiger partial charge in [0.15, 0.2) is 5.96 Å². The van der Waals surface area contributed by atoms with Gasteiger partial charge in [-0.05, 0) is 33.1 Å². The summed E-state index contributed by atoms with van der Waals surface area (Å²) < 4.78 is 13.1. The van der Waals surface area contributed by atoms with Gasteiger partial charge >= 0.3 is 0 Å². The highest BCUT2D eigenvalue weighted by Crippen LogP contribution is 2.13. The Bertz CT molecular complexity index is 588. The summed E-state index contributed by atoms with van der Waals surface area (Å²) in [6, 6.07) is 0.333. The van der Waals surface area contributed by atoms with Crippen molar-refractivity contribution in [3.63, 3.8) is 0 Å². The van der Waals surface area contributed by atoms with Crippen LogP contribution in [0.5, 0.6) is 0 Å². The summed E-state index contributed by atoms with van der Waals surface area (Å²) >= 11 is 0. The van der Waals surface area contributed by atoms with Gasteiger partial charge in [-0.1, -0.05) is 0 Å². The highest BCUT2D eigenvalue weighted by atomic mass is 127. The van der Waals surface area contributed by atoms with Crippen LogP contribution in [-0.2, 0) is 22.4 Å². The van der Waals surface area contributed by atoms with Crippen LogP contribution in [0.15, 0.2) is 4.99 Å². The SMILES string of the molecule is CCNC(=NCCCOCC1CCOC1)NC1CCc2nc(C)nn2C1.I. The fraction of sp³-hybridized carbons (Fsp3) is 0.833. The topological polar surface area (TPSA) is 85.6 Å². The number of aliphatic imine (C=N–C) groups is 1. The lowest BCUT2D eigenvalue weighted by Crippen LogP contribution is -2.47. The average Bonchev–Trinajstić information content (AvgIpc) is 3.26. The van der Waals surface area contributed by atoms with E-state index in [2.05, 4.69) is 32.6 Å². The Morgan fingerprint density at radius 1 is 1.41 bits per heavy atom. The summed E-state index contributed by atoms with van der Waals surface area (Å²) in [5.74, 6) is 3.40. The maximum absolute atomic E-state index is 5.74. The second-order valence-electron chi connectivity index (χ2n) is 7.06. The molecule has 2 aliphatic heterocycles. The molecule has 154 valence electrons. The molecule has 1 aromatic heterocycles. The average molecular weight is 492 g/mol. The third-order valence-corrected chi connectivity index (χ3v) is 4.74. The molecule has 0 saturated carbocycles. The number of ether oxygens (including phenoxy) is 2. The molecule has 2 unspecified atom stereocenters. The Labute approximate surface area is 178 Å². The number of guanidine groups is 1. The molecule has 0 spiro atoms. The van der Waals surface area contributed by atoms with E-state index in [0.29, 0.717) is 12.0 Å². The van der Waals surface area contributed by atoms with Crippen molar-refractivity contribution >= 4 is 29.9 Å². The summed E-state index contributed by atoms with van der Waals surface area (Å²) in [7, 11) is 0. The first kappa shape index (κ1) is 22.4. The zero-order chi connectivity index (χ0) is 18.2. The molecule has 3 heterocycles. The van der Waals surface area contributed by atoms with E-state index in [1.54, 1.807) is 0 Å². The molecule has 8 nitrogen and oxygen atoms in total. The molecular weight excluding hydrogens is 459 g/mol. The molecule has 0 bridgehead atoms. The number of halogens is 1. The maximum atomic E-state index is 5.74. The minimum atomic E-state index is 0. The largest absolute Gasteiger partial charge is 0.381 e. The van der Waals surface area contributed by atoms with Crippen molar-refractivity contribution in [2.24, 2.45) is 10.9 Å². The first-order chi connectivity index (χ1) is 12.7. The van der Waals surface area contributed by atoms with Crippen LogP contribution in [0, 0.1) is 12.8 Å². The third kappa shape index (κ3) is 7.19. The second-order valence-corrected chi connectivity index (χ2v) is 7.06. The van der Waals surface area contributed by atoms with E-state index in [1.807, 2.05) is 11.6 Å². The number of hydrogen-bond donors (Lipinski definition) is 2. The molecule has 3 rings (SSSR count). The van der Waals surface area contributed by atoms with Crippen molar-refractivity contribution in [1.29, 1.82) is 0 Å². The number of hydrogen-bond acceptors (Lipinski definition) is 5. The van der Waals surface area contributed by atoms with Gasteiger partial charge in [-0.15, -0.1) is 24.0 Å². The number of nitrogens with one attached hydrogen (secondary N) is 2. The van der Waals surface area contributed by atoms with Crippen LogP contribution in [0.25, 0.3) is 0 Å². The third-order valence-electron chi connectivity index (χ3n) is 4.74. The molecule has 1 fully saturated rings. The minimum Gasteiger partial charge on any atom is -0.381 e. The van der Waals surface area contributed by atoms with Gasteiger partial charge in [-0.2, -0.15) is 5.10 Å². The molecule has 1 aromatic rings. The van der Waals surface area contributed by atoms with E-state index in [4.69, 9.17) is 9.47 Å². The van der Waals surface area contributed by atoms with Crippen molar-refractivity contribution in [2.45, 2.75) is 52.1 Å². The van der Waals surface area contributed by atoms with Gasteiger partial charge in [0, 0.05) is 44.7 Å². The zero-order valence-corrected chi connectivity index (χ0v) is 18.8. The molecule has 2 atom stereocenters. The molecule has 2 aliphatic rings. The van der Waals surface area contributed by atoms with E-state index in [1.165, 1.54) is 0 Å². The lowest BCUT2D eigenvalue weighted by Gasteiger charge is -2.25. The first-order valence-electron chi connectivity index (χ1n) is 9.85. The van der Waals surface area contributed by atoms with Crippen molar-refractivity contribution in [1.82, 2.24) is 25.4 Å². The van der Waals surface area contributed by atoms with Crippen molar-refractivity contribution < 1.29 is 9.47 Å². The van der Waals surface area contributed by atoms with E-state index in [9.17, 15) is 0 Å². The molecule has 0 radical (unpaired) electrons. The summed E-state index contributed by atoms with van der Waals surface area (Å²) in [6.45, 7) is 9.78. The van der Waals surface area contributed by atoms with Crippen LogP contribution in [0.2, 0.25) is 0 Å². The highest BCUT2D eigenvalue weighted by Gasteiger charge is 2.21. The molecule has 0 amide bonds. The van der Waals surface area contributed by atoms with Gasteiger partial charge in [0.2, 0.25) is 0 Å². The van der Waals surface area contributed by atoms with E-state index < -0.39 is 0 Å². The number of rotatable bonds is 8. The molecular formula is C18H33IN6O2.